The lowest BCUT2D eigenvalue weighted by atomic mass is 9.56. The SMILES string of the molecule is CC1(C)CC2CN(P)C(=CCl)C21. The van der Waals surface area contributed by atoms with Crippen LogP contribution >= 0.6 is 21.0 Å². The van der Waals surface area contributed by atoms with Crippen LogP contribution in [0.4, 0.5) is 0 Å². The molecule has 3 unspecified atom stereocenters. The summed E-state index contributed by atoms with van der Waals surface area (Å²) in [6, 6.07) is 0. The standard InChI is InChI=1S/C9H15ClNP/c1-9(2)3-6-5-11(12)7(4-10)8(6)9/h4,6,8H,3,5,12H2,1-2H3. The van der Waals surface area contributed by atoms with Crippen LogP contribution in [-0.2, 0) is 0 Å². The maximum atomic E-state index is 5.81. The van der Waals surface area contributed by atoms with E-state index < -0.39 is 0 Å². The minimum absolute atomic E-state index is 0.469. The van der Waals surface area contributed by atoms with Crippen molar-refractivity contribution in [1.29, 1.82) is 0 Å². The van der Waals surface area contributed by atoms with Crippen LogP contribution in [0, 0.1) is 17.3 Å². The van der Waals surface area contributed by atoms with Crippen molar-refractivity contribution in [2.24, 2.45) is 17.3 Å². The third-order valence-corrected chi connectivity index (χ3v) is 4.03. The summed E-state index contributed by atoms with van der Waals surface area (Å²) in [5, 5.41) is 0. The minimum Gasteiger partial charge on any atom is -0.358 e. The third-order valence-electron chi connectivity index (χ3n) is 3.29. The van der Waals surface area contributed by atoms with Gasteiger partial charge >= 0.3 is 0 Å². The van der Waals surface area contributed by atoms with E-state index in [0.717, 1.165) is 12.5 Å². The Bertz CT molecular complexity index is 237. The van der Waals surface area contributed by atoms with Crippen LogP contribution in [0.25, 0.3) is 0 Å². The van der Waals surface area contributed by atoms with E-state index in [1.165, 1.54) is 12.1 Å². The van der Waals surface area contributed by atoms with E-state index in [4.69, 9.17) is 11.6 Å². The Labute approximate surface area is 81.4 Å². The van der Waals surface area contributed by atoms with E-state index >= 15 is 0 Å². The quantitative estimate of drug-likeness (QED) is 0.548. The number of halogens is 1. The third kappa shape index (κ3) is 1.03. The molecule has 1 aliphatic heterocycles. The molecule has 2 fully saturated rings. The summed E-state index contributed by atoms with van der Waals surface area (Å²) in [4.78, 5) is 0. The highest BCUT2D eigenvalue weighted by molar-refractivity contribution is 7.13. The second-order valence-electron chi connectivity index (χ2n) is 4.62. The largest absolute Gasteiger partial charge is 0.358 e. The van der Waals surface area contributed by atoms with Crippen molar-refractivity contribution >= 4 is 21.0 Å². The summed E-state index contributed by atoms with van der Waals surface area (Å²) < 4.78 is 2.22. The zero-order valence-electron chi connectivity index (χ0n) is 7.55. The zero-order valence-corrected chi connectivity index (χ0v) is 9.46. The Morgan fingerprint density at radius 1 is 1.67 bits per heavy atom. The van der Waals surface area contributed by atoms with Gasteiger partial charge in [-0.05, 0) is 27.1 Å². The van der Waals surface area contributed by atoms with Gasteiger partial charge in [0.2, 0.25) is 0 Å². The van der Waals surface area contributed by atoms with Crippen LogP contribution in [0.15, 0.2) is 11.2 Å². The monoisotopic (exact) mass is 203 g/mol. The molecule has 0 bridgehead atoms. The Hall–Kier alpha value is 0.260. The van der Waals surface area contributed by atoms with E-state index in [9.17, 15) is 0 Å². The molecule has 3 heteroatoms. The molecule has 2 rings (SSSR count). The molecule has 1 aliphatic carbocycles. The van der Waals surface area contributed by atoms with Crippen LogP contribution in [0.3, 0.4) is 0 Å². The van der Waals surface area contributed by atoms with E-state index in [1.807, 2.05) is 0 Å². The van der Waals surface area contributed by atoms with Gasteiger partial charge in [-0.25, -0.2) is 0 Å². The molecule has 68 valence electrons. The molecule has 0 radical (unpaired) electrons. The van der Waals surface area contributed by atoms with Gasteiger partial charge in [0.25, 0.3) is 0 Å². The number of hydrogen-bond acceptors (Lipinski definition) is 1. The lowest BCUT2D eigenvalue weighted by Crippen LogP contribution is -2.42. The highest BCUT2D eigenvalue weighted by Gasteiger charge is 2.53. The molecule has 1 nitrogen and oxygen atoms in total. The van der Waals surface area contributed by atoms with Crippen LogP contribution < -0.4 is 0 Å². The zero-order chi connectivity index (χ0) is 8.93. The number of hydrogen-bond donors (Lipinski definition) is 0. The molecule has 12 heavy (non-hydrogen) atoms. The average Bonchev–Trinajstić information content (AvgIpc) is 2.23. The smallest absolute Gasteiger partial charge is 0.0316 e. The van der Waals surface area contributed by atoms with Crippen molar-refractivity contribution < 1.29 is 0 Å². The van der Waals surface area contributed by atoms with Crippen molar-refractivity contribution in [2.75, 3.05) is 6.54 Å². The van der Waals surface area contributed by atoms with Gasteiger partial charge < -0.3 is 4.67 Å². The molecular formula is C9H15ClNP. The Balaban J connectivity index is 2.25. The van der Waals surface area contributed by atoms with Crippen molar-refractivity contribution in [3.8, 4) is 0 Å². The van der Waals surface area contributed by atoms with Crippen LogP contribution in [0.1, 0.15) is 20.3 Å². The molecule has 3 atom stereocenters. The van der Waals surface area contributed by atoms with E-state index in [2.05, 4.69) is 27.9 Å². The van der Waals surface area contributed by atoms with E-state index in [-0.39, 0.29) is 0 Å². The molecule has 0 aromatic carbocycles. The van der Waals surface area contributed by atoms with Crippen molar-refractivity contribution in [3.05, 3.63) is 11.2 Å². The summed E-state index contributed by atoms with van der Waals surface area (Å²) in [6.07, 6.45) is 1.34. The fourth-order valence-corrected chi connectivity index (χ4v) is 3.74. The summed E-state index contributed by atoms with van der Waals surface area (Å²) >= 11 is 5.81. The predicted octanol–water partition coefficient (Wildman–Crippen LogP) is 2.83. The molecular weight excluding hydrogens is 189 g/mol. The van der Waals surface area contributed by atoms with Gasteiger partial charge in [0.05, 0.1) is 0 Å². The average molecular weight is 204 g/mol. The van der Waals surface area contributed by atoms with Gasteiger partial charge in [-0.15, -0.1) is 0 Å². The van der Waals surface area contributed by atoms with Gasteiger partial charge in [-0.3, -0.25) is 0 Å². The molecule has 0 aromatic rings. The van der Waals surface area contributed by atoms with Crippen molar-refractivity contribution in [3.63, 3.8) is 0 Å². The number of allylic oxidation sites excluding steroid dienone is 1. The molecule has 2 aliphatic rings. The number of nitrogens with zero attached hydrogens (tertiary/aromatic N) is 1. The van der Waals surface area contributed by atoms with Gasteiger partial charge in [0, 0.05) is 23.7 Å². The first-order chi connectivity index (χ1) is 5.56. The lowest BCUT2D eigenvalue weighted by molar-refractivity contribution is 0.0447. The first-order valence-electron chi connectivity index (χ1n) is 4.39. The maximum absolute atomic E-state index is 5.81. The Morgan fingerprint density at radius 2 is 2.33 bits per heavy atom. The van der Waals surface area contributed by atoms with Gasteiger partial charge in [-0.2, -0.15) is 0 Å². The second-order valence-corrected chi connectivity index (χ2v) is 5.46. The summed E-state index contributed by atoms with van der Waals surface area (Å²) in [6.45, 7) is 5.83. The maximum Gasteiger partial charge on any atom is 0.0316 e. The normalized spacial score (nSPS) is 41.3. The number of rotatable bonds is 0. The highest BCUT2D eigenvalue weighted by Crippen LogP contribution is 2.59. The van der Waals surface area contributed by atoms with Crippen LogP contribution in [-0.4, -0.2) is 11.2 Å². The molecule has 0 aromatic heterocycles. The first kappa shape index (κ1) is 8.84. The Kier molecular flexibility index (Phi) is 1.93. The van der Waals surface area contributed by atoms with E-state index in [0.29, 0.717) is 11.3 Å². The minimum atomic E-state index is 0.469. The van der Waals surface area contributed by atoms with Crippen LogP contribution in [0.5, 0.6) is 0 Å². The summed E-state index contributed by atoms with van der Waals surface area (Å²) in [5.74, 6) is 1.55. The summed E-state index contributed by atoms with van der Waals surface area (Å²) in [7, 11) is 2.75. The van der Waals surface area contributed by atoms with Crippen molar-refractivity contribution in [1.82, 2.24) is 4.67 Å². The topological polar surface area (TPSA) is 3.24 Å². The van der Waals surface area contributed by atoms with Gasteiger partial charge in [0.1, 0.15) is 0 Å². The fourth-order valence-electron chi connectivity index (χ4n) is 2.88. The Morgan fingerprint density at radius 3 is 2.75 bits per heavy atom. The molecule has 1 heterocycles. The fraction of sp³-hybridized carbons (Fsp3) is 0.778. The predicted molar refractivity (Wildman–Crippen MR) is 55.7 cm³/mol. The first-order valence-corrected chi connectivity index (χ1v) is 5.34. The lowest BCUT2D eigenvalue weighted by Gasteiger charge is -2.47. The number of fused-ring (bicyclic) bond motifs is 1. The molecule has 0 N–H and O–H groups in total. The van der Waals surface area contributed by atoms with Gasteiger partial charge in [0.15, 0.2) is 0 Å². The van der Waals surface area contributed by atoms with Gasteiger partial charge in [-0.1, -0.05) is 25.4 Å². The van der Waals surface area contributed by atoms with Crippen molar-refractivity contribution in [2.45, 2.75) is 20.3 Å². The molecule has 1 saturated carbocycles. The molecule has 1 saturated heterocycles. The molecule has 0 spiro atoms. The molecule has 0 amide bonds. The second kappa shape index (κ2) is 2.62. The van der Waals surface area contributed by atoms with E-state index in [1.54, 1.807) is 5.54 Å². The van der Waals surface area contributed by atoms with Crippen LogP contribution in [0.2, 0.25) is 0 Å². The highest BCUT2D eigenvalue weighted by atomic mass is 35.5. The summed E-state index contributed by atoms with van der Waals surface area (Å²) in [5.41, 5.74) is 3.53.